The van der Waals surface area contributed by atoms with Gasteiger partial charge in [-0.15, -0.1) is 11.3 Å². The van der Waals surface area contributed by atoms with Gasteiger partial charge < -0.3 is 11.1 Å². The Hall–Kier alpha value is -4.27. The van der Waals surface area contributed by atoms with Crippen molar-refractivity contribution in [3.8, 4) is 22.4 Å². The van der Waals surface area contributed by atoms with Crippen LogP contribution in [0.2, 0.25) is 5.02 Å². The van der Waals surface area contributed by atoms with Crippen molar-refractivity contribution in [2.45, 2.75) is 6.92 Å². The molecule has 1 amide bonds. The van der Waals surface area contributed by atoms with Crippen LogP contribution >= 0.6 is 22.9 Å². The average molecular weight is 515 g/mol. The predicted molar refractivity (Wildman–Crippen MR) is 146 cm³/mol. The molecule has 2 aromatic heterocycles. The van der Waals surface area contributed by atoms with Gasteiger partial charge in [-0.05, 0) is 30.2 Å². The zero-order valence-electron chi connectivity index (χ0n) is 19.0. The number of nitrogens with zero attached hydrogens (tertiary/aromatic N) is 2. The zero-order chi connectivity index (χ0) is 25.4. The molecular formula is C27H19ClN4O3S. The van der Waals surface area contributed by atoms with Gasteiger partial charge in [-0.25, -0.2) is 4.98 Å². The van der Waals surface area contributed by atoms with E-state index in [0.717, 1.165) is 27.9 Å². The monoisotopic (exact) mass is 514 g/mol. The van der Waals surface area contributed by atoms with E-state index in [0.29, 0.717) is 15.9 Å². The molecule has 36 heavy (non-hydrogen) atoms. The maximum atomic E-state index is 13.2. The number of fused-ring (bicyclic) bond motifs is 1. The second kappa shape index (κ2) is 9.41. The van der Waals surface area contributed by atoms with Gasteiger partial charge in [0.15, 0.2) is 0 Å². The highest BCUT2D eigenvalue weighted by atomic mass is 35.5. The Labute approximate surface area is 215 Å². The van der Waals surface area contributed by atoms with Crippen molar-refractivity contribution in [3.63, 3.8) is 0 Å². The Morgan fingerprint density at radius 3 is 2.42 bits per heavy atom. The second-order valence-electron chi connectivity index (χ2n) is 8.19. The molecule has 0 saturated carbocycles. The number of benzene rings is 3. The van der Waals surface area contributed by atoms with E-state index >= 15 is 0 Å². The van der Waals surface area contributed by atoms with E-state index in [1.54, 1.807) is 0 Å². The Morgan fingerprint density at radius 2 is 1.75 bits per heavy atom. The second-order valence-corrected chi connectivity index (χ2v) is 9.59. The standard InChI is InChI=1S/C27H19ClN4O3S/c1-15-7-9-17(10-8-15)22-14-19(16-5-3-2-4-6-16)23-24(29)25(36-27(23)31-22)26(33)30-21-12-11-18(32(34)35)13-20(21)28/h2-14H,29H2,1H3,(H,30,33). The van der Waals surface area contributed by atoms with Crippen LogP contribution in [0.3, 0.4) is 0 Å². The van der Waals surface area contributed by atoms with Gasteiger partial charge in [-0.1, -0.05) is 71.8 Å². The highest BCUT2D eigenvalue weighted by Gasteiger charge is 2.22. The number of nitrogen functional groups attached to an aromatic ring is 1. The lowest BCUT2D eigenvalue weighted by atomic mass is 9.99. The molecule has 0 atom stereocenters. The third kappa shape index (κ3) is 4.39. The van der Waals surface area contributed by atoms with Crippen molar-refractivity contribution in [2.24, 2.45) is 0 Å². The van der Waals surface area contributed by atoms with E-state index in [4.69, 9.17) is 22.3 Å². The number of pyridine rings is 1. The summed E-state index contributed by atoms with van der Waals surface area (Å²) in [5.41, 5.74) is 11.6. The first-order valence-corrected chi connectivity index (χ1v) is 12.1. The number of hydrogen-bond donors (Lipinski definition) is 2. The Kier molecular flexibility index (Phi) is 6.13. The first-order valence-electron chi connectivity index (χ1n) is 10.9. The molecule has 9 heteroatoms. The summed E-state index contributed by atoms with van der Waals surface area (Å²) >= 11 is 7.36. The number of hydrogen-bond acceptors (Lipinski definition) is 6. The van der Waals surface area contributed by atoms with Gasteiger partial charge in [0.05, 0.1) is 27.0 Å². The number of anilines is 2. The average Bonchev–Trinajstić information content (AvgIpc) is 3.22. The van der Waals surface area contributed by atoms with Crippen LogP contribution in [-0.4, -0.2) is 15.8 Å². The van der Waals surface area contributed by atoms with E-state index in [2.05, 4.69) is 5.32 Å². The number of nitrogens with one attached hydrogen (secondary N) is 1. The summed E-state index contributed by atoms with van der Waals surface area (Å²) in [6.07, 6.45) is 0. The summed E-state index contributed by atoms with van der Waals surface area (Å²) in [5, 5.41) is 14.5. The van der Waals surface area contributed by atoms with Gasteiger partial charge >= 0.3 is 0 Å². The molecule has 3 aromatic carbocycles. The molecule has 0 radical (unpaired) electrons. The van der Waals surface area contributed by atoms with E-state index in [1.165, 1.54) is 29.5 Å². The van der Waals surface area contributed by atoms with Crippen molar-refractivity contribution in [3.05, 3.63) is 104 Å². The minimum absolute atomic E-state index is 0.0574. The van der Waals surface area contributed by atoms with Crippen LogP contribution in [0.4, 0.5) is 17.1 Å². The maximum Gasteiger partial charge on any atom is 0.271 e. The zero-order valence-corrected chi connectivity index (χ0v) is 20.6. The van der Waals surface area contributed by atoms with Crippen molar-refractivity contribution in [1.29, 1.82) is 0 Å². The number of amides is 1. The third-order valence-electron chi connectivity index (χ3n) is 5.75. The van der Waals surface area contributed by atoms with Crippen LogP contribution in [0.25, 0.3) is 32.6 Å². The minimum Gasteiger partial charge on any atom is -0.397 e. The van der Waals surface area contributed by atoms with E-state index < -0.39 is 10.8 Å². The van der Waals surface area contributed by atoms with Crippen molar-refractivity contribution >= 4 is 56.1 Å². The molecular weight excluding hydrogens is 496 g/mol. The van der Waals surface area contributed by atoms with Crippen LogP contribution in [-0.2, 0) is 0 Å². The molecule has 0 aliphatic carbocycles. The van der Waals surface area contributed by atoms with Gasteiger partial charge in [0.1, 0.15) is 9.71 Å². The molecule has 0 saturated heterocycles. The summed E-state index contributed by atoms with van der Waals surface area (Å²) in [5.74, 6) is -0.470. The highest BCUT2D eigenvalue weighted by molar-refractivity contribution is 7.21. The van der Waals surface area contributed by atoms with Crippen LogP contribution in [0.15, 0.2) is 78.9 Å². The van der Waals surface area contributed by atoms with Crippen LogP contribution in [0, 0.1) is 17.0 Å². The predicted octanol–water partition coefficient (Wildman–Crippen LogP) is 7.33. The van der Waals surface area contributed by atoms with Crippen LogP contribution < -0.4 is 11.1 Å². The fourth-order valence-electron chi connectivity index (χ4n) is 3.91. The van der Waals surface area contributed by atoms with E-state index in [1.807, 2.05) is 67.6 Å². The van der Waals surface area contributed by atoms with Crippen molar-refractivity contribution in [1.82, 2.24) is 4.98 Å². The molecule has 178 valence electrons. The molecule has 5 aromatic rings. The normalized spacial score (nSPS) is 10.9. The summed E-state index contributed by atoms with van der Waals surface area (Å²) in [6, 6.07) is 23.7. The van der Waals surface area contributed by atoms with Gasteiger partial charge in [0.2, 0.25) is 0 Å². The number of aryl methyl sites for hydroxylation is 1. The number of halogens is 1. The molecule has 0 unspecified atom stereocenters. The molecule has 7 nitrogen and oxygen atoms in total. The molecule has 3 N–H and O–H groups in total. The van der Waals surface area contributed by atoms with Gasteiger partial charge in [0.25, 0.3) is 11.6 Å². The number of carbonyl (C=O) groups is 1. The summed E-state index contributed by atoms with van der Waals surface area (Å²) < 4.78 is 0. The number of non-ortho nitro benzene ring substituents is 1. The smallest absolute Gasteiger partial charge is 0.271 e. The third-order valence-corrected chi connectivity index (χ3v) is 7.16. The van der Waals surface area contributed by atoms with Crippen molar-refractivity contribution in [2.75, 3.05) is 11.1 Å². The van der Waals surface area contributed by atoms with E-state index in [9.17, 15) is 14.9 Å². The topological polar surface area (TPSA) is 111 Å². The summed E-state index contributed by atoms with van der Waals surface area (Å²) in [4.78, 5) is 29.4. The molecule has 2 heterocycles. The van der Waals surface area contributed by atoms with Crippen LogP contribution in [0.1, 0.15) is 15.2 Å². The van der Waals surface area contributed by atoms with Crippen LogP contribution in [0.5, 0.6) is 0 Å². The van der Waals surface area contributed by atoms with Gasteiger partial charge in [-0.2, -0.15) is 0 Å². The van der Waals surface area contributed by atoms with Gasteiger partial charge in [-0.3, -0.25) is 14.9 Å². The first kappa shape index (κ1) is 23.5. The number of nitro benzene ring substituents is 1. The number of carbonyl (C=O) groups excluding carboxylic acids is 1. The lowest BCUT2D eigenvalue weighted by Crippen LogP contribution is -2.12. The number of thiophene rings is 1. The number of nitrogens with two attached hydrogens (primary N) is 1. The fourth-order valence-corrected chi connectivity index (χ4v) is 5.14. The molecule has 0 aliphatic heterocycles. The van der Waals surface area contributed by atoms with Gasteiger partial charge in [0, 0.05) is 23.1 Å². The minimum atomic E-state index is -0.552. The van der Waals surface area contributed by atoms with Crippen molar-refractivity contribution < 1.29 is 9.72 Å². The summed E-state index contributed by atoms with van der Waals surface area (Å²) in [6.45, 7) is 2.03. The summed E-state index contributed by atoms with van der Waals surface area (Å²) in [7, 11) is 0. The molecule has 5 rings (SSSR count). The maximum absolute atomic E-state index is 13.2. The number of rotatable bonds is 5. The lowest BCUT2D eigenvalue weighted by Gasteiger charge is -2.09. The van der Waals surface area contributed by atoms with E-state index in [-0.39, 0.29) is 21.3 Å². The Balaban J connectivity index is 1.62. The first-order chi connectivity index (χ1) is 17.3. The molecule has 0 fully saturated rings. The fraction of sp³-hybridized carbons (Fsp3) is 0.0370. The SMILES string of the molecule is Cc1ccc(-c2cc(-c3ccccc3)c3c(N)c(C(=O)Nc4ccc([N+](=O)[O-])cc4Cl)sc3n2)cc1. The number of nitro groups is 1. The lowest BCUT2D eigenvalue weighted by molar-refractivity contribution is -0.384. The molecule has 0 bridgehead atoms. The largest absolute Gasteiger partial charge is 0.397 e. The highest BCUT2D eigenvalue weighted by Crippen LogP contribution is 2.41. The molecule has 0 aliphatic rings. The Bertz CT molecular complexity index is 1630. The quantitative estimate of drug-likeness (QED) is 0.188. The Morgan fingerprint density at radius 1 is 1.03 bits per heavy atom. The number of aromatic nitrogens is 1. The molecule has 0 spiro atoms.